The van der Waals surface area contributed by atoms with Crippen LogP contribution in [0.25, 0.3) is 5.82 Å². The number of pyridine rings is 1. The van der Waals surface area contributed by atoms with Crippen molar-refractivity contribution in [3.63, 3.8) is 0 Å². The van der Waals surface area contributed by atoms with Crippen LogP contribution >= 0.6 is 11.3 Å². The standard InChI is InChI=1S/C15H17N5O2S2/c1-11(2)15-18-13(20(19-15)12-6-3-4-8-16-12)10-17-24(21,22)14-7-5-9-23-14/h3-9,11,17H,10H2,1-2H3. The van der Waals surface area contributed by atoms with Crippen molar-refractivity contribution in [1.82, 2.24) is 24.5 Å². The molecule has 0 saturated heterocycles. The summed E-state index contributed by atoms with van der Waals surface area (Å²) in [7, 11) is -3.56. The molecule has 0 fully saturated rings. The second-order valence-corrected chi connectivity index (χ2v) is 8.34. The highest BCUT2D eigenvalue weighted by molar-refractivity contribution is 7.91. The molecule has 0 atom stereocenters. The maximum absolute atomic E-state index is 12.3. The fourth-order valence-electron chi connectivity index (χ4n) is 2.03. The lowest BCUT2D eigenvalue weighted by Gasteiger charge is -2.06. The van der Waals surface area contributed by atoms with Gasteiger partial charge < -0.3 is 0 Å². The van der Waals surface area contributed by atoms with E-state index in [1.165, 1.54) is 11.3 Å². The summed E-state index contributed by atoms with van der Waals surface area (Å²) in [6, 6.07) is 8.72. The summed E-state index contributed by atoms with van der Waals surface area (Å²) in [5.41, 5.74) is 0. The Kier molecular flexibility index (Phi) is 4.74. The Morgan fingerprint density at radius 3 is 2.71 bits per heavy atom. The topological polar surface area (TPSA) is 89.8 Å². The molecular weight excluding hydrogens is 346 g/mol. The van der Waals surface area contributed by atoms with E-state index in [1.54, 1.807) is 34.5 Å². The van der Waals surface area contributed by atoms with Gasteiger partial charge in [-0.15, -0.1) is 16.4 Å². The maximum Gasteiger partial charge on any atom is 0.250 e. The summed E-state index contributed by atoms with van der Waals surface area (Å²) in [5, 5.41) is 6.18. The van der Waals surface area contributed by atoms with Crippen molar-refractivity contribution in [1.29, 1.82) is 0 Å². The van der Waals surface area contributed by atoms with Crippen LogP contribution in [0, 0.1) is 0 Å². The largest absolute Gasteiger partial charge is 0.250 e. The van der Waals surface area contributed by atoms with Crippen molar-refractivity contribution < 1.29 is 8.42 Å². The molecule has 24 heavy (non-hydrogen) atoms. The van der Waals surface area contributed by atoms with Crippen LogP contribution in [-0.2, 0) is 16.6 Å². The third kappa shape index (κ3) is 3.53. The zero-order valence-electron chi connectivity index (χ0n) is 13.2. The van der Waals surface area contributed by atoms with E-state index < -0.39 is 10.0 Å². The van der Waals surface area contributed by atoms with Gasteiger partial charge in [0, 0.05) is 12.1 Å². The van der Waals surface area contributed by atoms with Gasteiger partial charge in [0.05, 0.1) is 6.54 Å². The monoisotopic (exact) mass is 363 g/mol. The second kappa shape index (κ2) is 6.80. The Hall–Kier alpha value is -2.10. The first-order chi connectivity index (χ1) is 11.5. The molecule has 0 unspecified atom stereocenters. The van der Waals surface area contributed by atoms with Gasteiger partial charge in [0.2, 0.25) is 10.0 Å². The number of hydrogen-bond donors (Lipinski definition) is 1. The average molecular weight is 363 g/mol. The minimum absolute atomic E-state index is 0.0382. The van der Waals surface area contributed by atoms with Gasteiger partial charge in [-0.25, -0.2) is 23.1 Å². The third-order valence-corrected chi connectivity index (χ3v) is 6.05. The zero-order chi connectivity index (χ0) is 17.2. The maximum atomic E-state index is 12.3. The lowest BCUT2D eigenvalue weighted by atomic mass is 10.2. The van der Waals surface area contributed by atoms with Gasteiger partial charge in [-0.3, -0.25) is 0 Å². The van der Waals surface area contributed by atoms with Gasteiger partial charge in [-0.2, -0.15) is 4.68 Å². The lowest BCUT2D eigenvalue weighted by molar-refractivity contribution is 0.579. The highest BCUT2D eigenvalue weighted by atomic mass is 32.2. The summed E-state index contributed by atoms with van der Waals surface area (Å²) in [4.78, 5) is 8.72. The van der Waals surface area contributed by atoms with Crippen LogP contribution in [0.4, 0.5) is 0 Å². The molecule has 0 saturated carbocycles. The smallest absolute Gasteiger partial charge is 0.237 e. The first-order valence-corrected chi connectivity index (χ1v) is 9.74. The minimum atomic E-state index is -3.56. The second-order valence-electron chi connectivity index (χ2n) is 5.40. The van der Waals surface area contributed by atoms with E-state index in [-0.39, 0.29) is 16.7 Å². The van der Waals surface area contributed by atoms with E-state index >= 15 is 0 Å². The molecule has 3 rings (SSSR count). The molecule has 0 aliphatic rings. The molecular formula is C15H17N5O2S2. The molecule has 1 N–H and O–H groups in total. The predicted molar refractivity (Wildman–Crippen MR) is 91.6 cm³/mol. The Morgan fingerprint density at radius 1 is 1.25 bits per heavy atom. The Morgan fingerprint density at radius 2 is 2.08 bits per heavy atom. The van der Waals surface area contributed by atoms with Crippen LogP contribution in [-0.4, -0.2) is 28.2 Å². The van der Waals surface area contributed by atoms with E-state index in [9.17, 15) is 8.42 Å². The van der Waals surface area contributed by atoms with Crippen molar-refractivity contribution in [2.45, 2.75) is 30.5 Å². The minimum Gasteiger partial charge on any atom is -0.237 e. The summed E-state index contributed by atoms with van der Waals surface area (Å²) in [6.07, 6.45) is 1.66. The van der Waals surface area contributed by atoms with Crippen molar-refractivity contribution in [3.05, 3.63) is 53.6 Å². The van der Waals surface area contributed by atoms with Gasteiger partial charge in [-0.1, -0.05) is 26.0 Å². The predicted octanol–water partition coefficient (Wildman–Crippen LogP) is 2.33. The highest BCUT2D eigenvalue weighted by Crippen LogP contribution is 2.17. The van der Waals surface area contributed by atoms with E-state index in [0.29, 0.717) is 17.5 Å². The quantitative estimate of drug-likeness (QED) is 0.726. The van der Waals surface area contributed by atoms with Crippen LogP contribution in [0.1, 0.15) is 31.4 Å². The lowest BCUT2D eigenvalue weighted by Crippen LogP contribution is -2.24. The average Bonchev–Trinajstić information content (AvgIpc) is 3.24. The first kappa shape index (κ1) is 16.7. The number of hydrogen-bond acceptors (Lipinski definition) is 6. The Labute approximate surface area is 144 Å². The van der Waals surface area contributed by atoms with Crippen LogP contribution in [0.2, 0.25) is 0 Å². The molecule has 7 nitrogen and oxygen atoms in total. The summed E-state index contributed by atoms with van der Waals surface area (Å²) < 4.78 is 29.0. The van der Waals surface area contributed by atoms with Gasteiger partial charge in [-0.05, 0) is 23.6 Å². The number of nitrogens with zero attached hydrogens (tertiary/aromatic N) is 4. The molecule has 0 radical (unpaired) electrons. The van der Waals surface area contributed by atoms with Crippen molar-refractivity contribution in [2.75, 3.05) is 0 Å². The number of nitrogens with one attached hydrogen (secondary N) is 1. The van der Waals surface area contributed by atoms with Crippen LogP contribution in [0.3, 0.4) is 0 Å². The van der Waals surface area contributed by atoms with Crippen molar-refractivity contribution >= 4 is 21.4 Å². The number of rotatable bonds is 6. The number of aromatic nitrogens is 4. The van der Waals surface area contributed by atoms with Gasteiger partial charge in [0.1, 0.15) is 10.0 Å². The van der Waals surface area contributed by atoms with Gasteiger partial charge in [0.25, 0.3) is 0 Å². The Bertz CT molecular complexity index is 903. The van der Waals surface area contributed by atoms with Crippen molar-refractivity contribution in [3.8, 4) is 5.82 Å². The highest BCUT2D eigenvalue weighted by Gasteiger charge is 2.19. The van der Waals surface area contributed by atoms with Gasteiger partial charge in [0.15, 0.2) is 11.6 Å². The fraction of sp³-hybridized carbons (Fsp3) is 0.267. The molecule has 126 valence electrons. The third-order valence-electron chi connectivity index (χ3n) is 3.25. The summed E-state index contributed by atoms with van der Waals surface area (Å²) in [5.74, 6) is 1.87. The molecule has 3 aromatic rings. The summed E-state index contributed by atoms with van der Waals surface area (Å²) >= 11 is 1.17. The SMILES string of the molecule is CC(C)c1nc(CNS(=O)(=O)c2cccs2)n(-c2ccccn2)n1. The Balaban J connectivity index is 1.90. The normalized spacial score (nSPS) is 12.0. The molecule has 3 aromatic heterocycles. The molecule has 0 aliphatic heterocycles. The molecule has 3 heterocycles. The van der Waals surface area contributed by atoms with Crippen LogP contribution in [0.5, 0.6) is 0 Å². The van der Waals surface area contributed by atoms with Gasteiger partial charge >= 0.3 is 0 Å². The fourth-order valence-corrected chi connectivity index (χ4v) is 4.05. The van der Waals surface area contributed by atoms with Crippen LogP contribution in [0.15, 0.2) is 46.1 Å². The van der Waals surface area contributed by atoms with E-state index in [4.69, 9.17) is 0 Å². The number of thiophene rings is 1. The summed E-state index contributed by atoms with van der Waals surface area (Å²) in [6.45, 7) is 4.01. The number of sulfonamides is 1. The van der Waals surface area contributed by atoms with E-state index in [1.807, 2.05) is 26.0 Å². The first-order valence-electron chi connectivity index (χ1n) is 7.38. The molecule has 9 heteroatoms. The zero-order valence-corrected chi connectivity index (χ0v) is 14.9. The van der Waals surface area contributed by atoms with Crippen LogP contribution < -0.4 is 4.72 Å². The van der Waals surface area contributed by atoms with E-state index in [2.05, 4.69) is 19.8 Å². The molecule has 0 aromatic carbocycles. The molecule has 0 bridgehead atoms. The molecule has 0 amide bonds. The molecule has 0 aliphatic carbocycles. The molecule has 0 spiro atoms. The van der Waals surface area contributed by atoms with Crippen molar-refractivity contribution in [2.24, 2.45) is 0 Å². The van der Waals surface area contributed by atoms with E-state index in [0.717, 1.165) is 0 Å².